The molecule has 0 N–H and O–H groups in total. The standard InChI is InChI=1S/C49H78O5/c1-4-7-10-13-16-19-21-23-25-26-28-31-33-36-39-42-48(50)53-46-47(54-49(51)43-40-37-34-30-18-15-12-9-6-3)45-52-44-41-38-35-32-29-27-24-22-20-17-14-11-8-5-2/h7-8,10-11,16-17,19-20,23-25,27-28,31-32,35-36,39,47H,4-6,9,12-15,18,21-22,26,29-30,33-34,37-38,40-46H2,1-3H3/b10-7-,11-8-,19-16-,20-17-,25-23-,27-24-,31-28-,35-32-,39-36-. The van der Waals surface area contributed by atoms with Crippen molar-refractivity contribution in [2.24, 2.45) is 0 Å². The van der Waals surface area contributed by atoms with Gasteiger partial charge in [-0.15, -0.1) is 0 Å². The van der Waals surface area contributed by atoms with Gasteiger partial charge >= 0.3 is 11.9 Å². The van der Waals surface area contributed by atoms with E-state index in [1.807, 2.05) is 12.2 Å². The minimum atomic E-state index is -0.606. The Kier molecular flexibility index (Phi) is 41.2. The van der Waals surface area contributed by atoms with Crippen LogP contribution in [0.25, 0.3) is 0 Å². The summed E-state index contributed by atoms with van der Waals surface area (Å²) < 4.78 is 17.1. The van der Waals surface area contributed by atoms with Crippen molar-refractivity contribution >= 4 is 11.9 Å². The lowest BCUT2D eigenvalue weighted by molar-refractivity contribution is -0.162. The lowest BCUT2D eigenvalue weighted by Crippen LogP contribution is -2.30. The van der Waals surface area contributed by atoms with E-state index in [4.69, 9.17) is 14.2 Å². The zero-order chi connectivity index (χ0) is 39.3. The quantitative estimate of drug-likeness (QED) is 0.0360. The number of carbonyl (C=O) groups is 2. The number of carbonyl (C=O) groups excluding carboxylic acids is 2. The highest BCUT2D eigenvalue weighted by Crippen LogP contribution is 2.12. The van der Waals surface area contributed by atoms with Crippen LogP contribution >= 0.6 is 0 Å². The summed E-state index contributed by atoms with van der Waals surface area (Å²) in [6.07, 6.45) is 59.8. The Morgan fingerprint density at radius 1 is 0.444 bits per heavy atom. The first-order chi connectivity index (χ1) is 26.6. The summed E-state index contributed by atoms with van der Waals surface area (Å²) in [6.45, 7) is 7.30. The van der Waals surface area contributed by atoms with Crippen LogP contribution in [0.2, 0.25) is 0 Å². The van der Waals surface area contributed by atoms with Crippen molar-refractivity contribution in [1.82, 2.24) is 0 Å². The van der Waals surface area contributed by atoms with Gasteiger partial charge < -0.3 is 14.2 Å². The van der Waals surface area contributed by atoms with Gasteiger partial charge in [0.05, 0.1) is 13.0 Å². The van der Waals surface area contributed by atoms with Gasteiger partial charge in [-0.1, -0.05) is 182 Å². The lowest BCUT2D eigenvalue weighted by Gasteiger charge is -2.18. The van der Waals surface area contributed by atoms with Gasteiger partial charge in [-0.05, 0) is 77.0 Å². The van der Waals surface area contributed by atoms with Crippen LogP contribution in [0.15, 0.2) is 109 Å². The monoisotopic (exact) mass is 747 g/mol. The number of unbranched alkanes of at least 4 members (excludes halogenated alkanes) is 9. The van der Waals surface area contributed by atoms with Crippen LogP contribution in [-0.4, -0.2) is 37.9 Å². The van der Waals surface area contributed by atoms with Crippen LogP contribution in [0, 0.1) is 0 Å². The molecule has 0 aliphatic rings. The molecule has 0 heterocycles. The van der Waals surface area contributed by atoms with E-state index in [0.717, 1.165) is 89.9 Å². The molecule has 0 aliphatic carbocycles. The SMILES string of the molecule is CC/C=C\C/C=C\C/C=C\C/C=C\C/C=C\CC(=O)OCC(COCCC/C=C\C/C=C\C/C=C\C/C=C\CC)OC(=O)CCCCCCCCCCC. The van der Waals surface area contributed by atoms with Crippen molar-refractivity contribution in [3.05, 3.63) is 109 Å². The second-order valence-electron chi connectivity index (χ2n) is 13.5. The molecule has 0 bridgehead atoms. The molecule has 304 valence electrons. The molecule has 0 aliphatic heterocycles. The van der Waals surface area contributed by atoms with Gasteiger partial charge in [-0.2, -0.15) is 0 Å². The summed E-state index contributed by atoms with van der Waals surface area (Å²) in [4.78, 5) is 25.1. The van der Waals surface area contributed by atoms with Gasteiger partial charge in [0.25, 0.3) is 0 Å². The van der Waals surface area contributed by atoms with Gasteiger partial charge in [-0.3, -0.25) is 9.59 Å². The molecule has 0 aromatic carbocycles. The van der Waals surface area contributed by atoms with Crippen molar-refractivity contribution in [3.63, 3.8) is 0 Å². The predicted octanol–water partition coefficient (Wildman–Crippen LogP) is 14.1. The zero-order valence-electron chi connectivity index (χ0n) is 34.7. The number of allylic oxidation sites excluding steroid dienone is 17. The zero-order valence-corrected chi connectivity index (χ0v) is 34.7. The van der Waals surface area contributed by atoms with Crippen LogP contribution in [0.1, 0.15) is 162 Å². The topological polar surface area (TPSA) is 61.8 Å². The maximum atomic E-state index is 12.6. The Balaban J connectivity index is 4.48. The maximum absolute atomic E-state index is 12.6. The predicted molar refractivity (Wildman–Crippen MR) is 233 cm³/mol. The van der Waals surface area contributed by atoms with Gasteiger partial charge in [0, 0.05) is 13.0 Å². The highest BCUT2D eigenvalue weighted by Gasteiger charge is 2.17. The smallest absolute Gasteiger partial charge is 0.309 e. The molecule has 5 heteroatoms. The first-order valence-corrected chi connectivity index (χ1v) is 21.4. The van der Waals surface area contributed by atoms with Crippen molar-refractivity contribution in [2.45, 2.75) is 168 Å². The van der Waals surface area contributed by atoms with Crippen molar-refractivity contribution in [1.29, 1.82) is 0 Å². The second-order valence-corrected chi connectivity index (χ2v) is 13.5. The van der Waals surface area contributed by atoms with Crippen LogP contribution in [0.3, 0.4) is 0 Å². The highest BCUT2D eigenvalue weighted by molar-refractivity contribution is 5.71. The van der Waals surface area contributed by atoms with E-state index < -0.39 is 6.10 Å². The van der Waals surface area contributed by atoms with Crippen LogP contribution in [0.4, 0.5) is 0 Å². The molecule has 0 fully saturated rings. The van der Waals surface area contributed by atoms with Crippen LogP contribution in [-0.2, 0) is 23.8 Å². The van der Waals surface area contributed by atoms with E-state index in [1.165, 1.54) is 38.5 Å². The third-order valence-electron chi connectivity index (χ3n) is 8.34. The minimum Gasteiger partial charge on any atom is -0.461 e. The summed E-state index contributed by atoms with van der Waals surface area (Å²) in [5.41, 5.74) is 0. The fourth-order valence-corrected chi connectivity index (χ4v) is 5.23. The normalized spacial score (nSPS) is 13.3. The molecule has 0 aromatic rings. The molecular weight excluding hydrogens is 669 g/mol. The summed E-state index contributed by atoms with van der Waals surface area (Å²) in [5.74, 6) is -0.587. The second kappa shape index (κ2) is 44.0. The van der Waals surface area contributed by atoms with Crippen molar-refractivity contribution in [2.75, 3.05) is 19.8 Å². The van der Waals surface area contributed by atoms with Crippen LogP contribution in [0.5, 0.6) is 0 Å². The molecule has 0 saturated carbocycles. The van der Waals surface area contributed by atoms with Gasteiger partial charge in [0.1, 0.15) is 6.61 Å². The van der Waals surface area contributed by atoms with Gasteiger partial charge in [-0.25, -0.2) is 0 Å². The van der Waals surface area contributed by atoms with E-state index in [1.54, 1.807) is 0 Å². The summed E-state index contributed by atoms with van der Waals surface area (Å²) in [6, 6.07) is 0. The number of rotatable bonds is 37. The van der Waals surface area contributed by atoms with Crippen molar-refractivity contribution < 1.29 is 23.8 Å². The third-order valence-corrected chi connectivity index (χ3v) is 8.34. The molecular formula is C49H78O5. The van der Waals surface area contributed by atoms with E-state index in [9.17, 15) is 9.59 Å². The molecule has 1 atom stereocenters. The average Bonchev–Trinajstić information content (AvgIpc) is 3.17. The number of ether oxygens (including phenoxy) is 3. The van der Waals surface area contributed by atoms with E-state index in [0.29, 0.717) is 13.0 Å². The Morgan fingerprint density at radius 3 is 1.35 bits per heavy atom. The highest BCUT2D eigenvalue weighted by atomic mass is 16.6. The summed E-state index contributed by atoms with van der Waals surface area (Å²) in [5, 5.41) is 0. The summed E-state index contributed by atoms with van der Waals surface area (Å²) in [7, 11) is 0. The maximum Gasteiger partial charge on any atom is 0.309 e. The van der Waals surface area contributed by atoms with Gasteiger partial charge in [0.2, 0.25) is 0 Å². The number of esters is 2. The fraction of sp³-hybridized carbons (Fsp3) is 0.592. The first kappa shape index (κ1) is 50.6. The molecule has 0 aromatic heterocycles. The molecule has 0 saturated heterocycles. The molecule has 0 rings (SSSR count). The van der Waals surface area contributed by atoms with E-state index in [2.05, 4.69) is 118 Å². The van der Waals surface area contributed by atoms with Gasteiger partial charge in [0.15, 0.2) is 6.10 Å². The van der Waals surface area contributed by atoms with E-state index in [-0.39, 0.29) is 31.6 Å². The molecule has 5 nitrogen and oxygen atoms in total. The molecule has 0 amide bonds. The Morgan fingerprint density at radius 2 is 0.870 bits per heavy atom. The Bertz CT molecular complexity index is 1120. The minimum absolute atomic E-state index is 0.00388. The molecule has 1 unspecified atom stereocenters. The number of hydrogen-bond donors (Lipinski definition) is 0. The van der Waals surface area contributed by atoms with E-state index >= 15 is 0 Å². The van der Waals surface area contributed by atoms with Crippen molar-refractivity contribution in [3.8, 4) is 0 Å². The van der Waals surface area contributed by atoms with Crippen LogP contribution < -0.4 is 0 Å². The fourth-order valence-electron chi connectivity index (χ4n) is 5.23. The summed E-state index contributed by atoms with van der Waals surface area (Å²) >= 11 is 0. The Hall–Kier alpha value is -3.44. The average molecular weight is 747 g/mol. The lowest BCUT2D eigenvalue weighted by atomic mass is 10.1. The third kappa shape index (κ3) is 41.3. The molecule has 54 heavy (non-hydrogen) atoms. The molecule has 0 spiro atoms. The Labute approximate surface area is 332 Å². The first-order valence-electron chi connectivity index (χ1n) is 21.4. The largest absolute Gasteiger partial charge is 0.461 e. The molecule has 0 radical (unpaired) electrons. The number of hydrogen-bond acceptors (Lipinski definition) is 5.